The molecule has 1 saturated carbocycles. The average Bonchev–Trinajstić information content (AvgIpc) is 3.03. The van der Waals surface area contributed by atoms with E-state index in [1.165, 1.54) is 25.7 Å². The van der Waals surface area contributed by atoms with Crippen molar-refractivity contribution in [2.24, 2.45) is 0 Å². The molecular formula is C14H16BrN3O. The molecule has 1 fully saturated rings. The molecule has 100 valence electrons. The van der Waals surface area contributed by atoms with Crippen LogP contribution in [0.25, 0.3) is 11.4 Å². The fraction of sp³-hybridized carbons (Fsp3) is 0.429. The van der Waals surface area contributed by atoms with Crippen molar-refractivity contribution in [2.75, 3.05) is 5.73 Å². The second kappa shape index (κ2) is 4.96. The smallest absolute Gasteiger partial charge is 0.165 e. The molecule has 19 heavy (non-hydrogen) atoms. The van der Waals surface area contributed by atoms with Crippen molar-refractivity contribution in [3.8, 4) is 11.4 Å². The van der Waals surface area contributed by atoms with E-state index < -0.39 is 0 Å². The van der Waals surface area contributed by atoms with Gasteiger partial charge in [0.15, 0.2) is 5.82 Å². The predicted octanol–water partition coefficient (Wildman–Crippen LogP) is 4.05. The van der Waals surface area contributed by atoms with E-state index in [1.807, 2.05) is 13.0 Å². The number of nitrogens with zero attached hydrogens (tertiary/aromatic N) is 2. The Labute approximate surface area is 120 Å². The number of hydrogen-bond acceptors (Lipinski definition) is 4. The molecule has 0 spiro atoms. The summed E-state index contributed by atoms with van der Waals surface area (Å²) in [5.74, 6) is 2.48. The summed E-state index contributed by atoms with van der Waals surface area (Å²) in [7, 11) is 0. The summed E-state index contributed by atoms with van der Waals surface area (Å²) in [5, 5.41) is 0. The van der Waals surface area contributed by atoms with E-state index >= 15 is 0 Å². The molecule has 2 aromatic rings. The zero-order valence-corrected chi connectivity index (χ0v) is 12.4. The molecule has 0 aromatic carbocycles. The number of aromatic nitrogens is 2. The molecule has 1 aliphatic rings. The van der Waals surface area contributed by atoms with Gasteiger partial charge in [0.1, 0.15) is 11.6 Å². The van der Waals surface area contributed by atoms with Crippen LogP contribution in [-0.4, -0.2) is 9.97 Å². The highest BCUT2D eigenvalue weighted by Gasteiger charge is 2.24. The summed E-state index contributed by atoms with van der Waals surface area (Å²) in [5.41, 5.74) is 7.97. The van der Waals surface area contributed by atoms with Gasteiger partial charge in [0.25, 0.3) is 0 Å². The molecule has 2 N–H and O–H groups in total. The fourth-order valence-corrected chi connectivity index (χ4v) is 3.19. The third-order valence-corrected chi connectivity index (χ3v) is 4.56. The molecule has 1 aliphatic carbocycles. The first-order valence-corrected chi connectivity index (χ1v) is 7.33. The maximum Gasteiger partial charge on any atom is 0.165 e. The Morgan fingerprint density at radius 2 is 2.05 bits per heavy atom. The maximum atomic E-state index is 6.02. The van der Waals surface area contributed by atoms with Crippen LogP contribution in [0.4, 0.5) is 5.82 Å². The molecule has 0 bridgehead atoms. The van der Waals surface area contributed by atoms with E-state index in [2.05, 4.69) is 20.9 Å². The highest BCUT2D eigenvalue weighted by molar-refractivity contribution is 9.10. The topological polar surface area (TPSA) is 64.9 Å². The van der Waals surface area contributed by atoms with Crippen LogP contribution in [0.2, 0.25) is 0 Å². The first-order valence-electron chi connectivity index (χ1n) is 6.54. The van der Waals surface area contributed by atoms with Crippen molar-refractivity contribution in [3.05, 3.63) is 28.3 Å². The summed E-state index contributed by atoms with van der Waals surface area (Å²) >= 11 is 3.53. The number of nitrogen functional groups attached to an aromatic ring is 1. The molecule has 0 saturated heterocycles. The molecule has 0 atom stereocenters. The van der Waals surface area contributed by atoms with Crippen LogP contribution < -0.4 is 5.73 Å². The Morgan fingerprint density at radius 3 is 2.68 bits per heavy atom. The summed E-state index contributed by atoms with van der Waals surface area (Å²) in [6, 6.07) is 1.89. The van der Waals surface area contributed by atoms with Crippen molar-refractivity contribution in [2.45, 2.75) is 38.5 Å². The molecule has 4 nitrogen and oxygen atoms in total. The second-order valence-corrected chi connectivity index (χ2v) is 5.80. The molecular weight excluding hydrogens is 306 g/mol. The van der Waals surface area contributed by atoms with Crippen molar-refractivity contribution in [1.29, 1.82) is 0 Å². The third-order valence-electron chi connectivity index (χ3n) is 3.74. The minimum absolute atomic E-state index is 0.491. The highest BCUT2D eigenvalue weighted by atomic mass is 79.9. The lowest BCUT2D eigenvalue weighted by atomic mass is 10.0. The largest absolute Gasteiger partial charge is 0.469 e. The highest BCUT2D eigenvalue weighted by Crippen LogP contribution is 2.39. The van der Waals surface area contributed by atoms with Crippen LogP contribution in [0.15, 0.2) is 21.2 Å². The van der Waals surface area contributed by atoms with Crippen LogP contribution in [0.1, 0.15) is 43.1 Å². The number of nitrogens with two attached hydrogens (primary N) is 1. The zero-order valence-electron chi connectivity index (χ0n) is 10.8. The molecule has 2 aromatic heterocycles. The van der Waals surface area contributed by atoms with Gasteiger partial charge in [-0.2, -0.15) is 0 Å². The van der Waals surface area contributed by atoms with Crippen molar-refractivity contribution in [3.63, 3.8) is 0 Å². The monoisotopic (exact) mass is 321 g/mol. The Kier molecular flexibility index (Phi) is 3.31. The molecule has 5 heteroatoms. The average molecular weight is 322 g/mol. The molecule has 0 amide bonds. The van der Waals surface area contributed by atoms with Crippen molar-refractivity contribution < 1.29 is 4.42 Å². The van der Waals surface area contributed by atoms with Crippen LogP contribution >= 0.6 is 15.9 Å². The van der Waals surface area contributed by atoms with Gasteiger partial charge in [-0.1, -0.05) is 12.8 Å². The van der Waals surface area contributed by atoms with Gasteiger partial charge in [-0.05, 0) is 41.8 Å². The first kappa shape index (κ1) is 12.7. The van der Waals surface area contributed by atoms with Gasteiger partial charge in [-0.25, -0.2) is 9.97 Å². The summed E-state index contributed by atoms with van der Waals surface area (Å²) < 4.78 is 6.17. The Bertz CT molecular complexity index is 603. The Morgan fingerprint density at radius 1 is 1.32 bits per heavy atom. The molecule has 0 unspecified atom stereocenters. The van der Waals surface area contributed by atoms with Crippen LogP contribution in [0, 0.1) is 6.92 Å². The Hall–Kier alpha value is -1.36. The van der Waals surface area contributed by atoms with E-state index in [4.69, 9.17) is 15.1 Å². The summed E-state index contributed by atoms with van der Waals surface area (Å²) in [6.45, 7) is 1.91. The maximum absolute atomic E-state index is 6.02. The minimum Gasteiger partial charge on any atom is -0.469 e. The lowest BCUT2D eigenvalue weighted by Crippen LogP contribution is -2.06. The van der Waals surface area contributed by atoms with Gasteiger partial charge >= 0.3 is 0 Å². The minimum atomic E-state index is 0.491. The van der Waals surface area contributed by atoms with Gasteiger partial charge in [0.05, 0.1) is 22.0 Å². The SMILES string of the molecule is Cc1occc1-c1nc(N)c(Br)c(C2CCCC2)n1. The summed E-state index contributed by atoms with van der Waals surface area (Å²) in [6.07, 6.45) is 6.54. The third kappa shape index (κ3) is 2.27. The Balaban J connectivity index is 2.10. The number of halogens is 1. The van der Waals surface area contributed by atoms with Gasteiger partial charge < -0.3 is 10.2 Å². The molecule has 2 heterocycles. The van der Waals surface area contributed by atoms with E-state index in [0.717, 1.165) is 21.5 Å². The molecule has 0 radical (unpaired) electrons. The number of rotatable bonds is 2. The van der Waals surface area contributed by atoms with Crippen molar-refractivity contribution >= 4 is 21.7 Å². The lowest BCUT2D eigenvalue weighted by Gasteiger charge is -2.13. The van der Waals surface area contributed by atoms with Gasteiger partial charge in [-0.3, -0.25) is 0 Å². The fourth-order valence-electron chi connectivity index (χ4n) is 2.69. The standard InChI is InChI=1S/C14H16BrN3O/c1-8-10(6-7-19-8)14-17-12(9-4-2-3-5-9)11(15)13(16)18-14/h6-7,9H,2-5H2,1H3,(H2,16,17,18). The van der Waals surface area contributed by atoms with E-state index in [-0.39, 0.29) is 0 Å². The lowest BCUT2D eigenvalue weighted by molar-refractivity contribution is 0.535. The molecule has 0 aliphatic heterocycles. The number of aryl methyl sites for hydroxylation is 1. The van der Waals surface area contributed by atoms with Crippen LogP contribution in [-0.2, 0) is 0 Å². The quantitative estimate of drug-likeness (QED) is 0.906. The predicted molar refractivity (Wildman–Crippen MR) is 77.8 cm³/mol. The van der Waals surface area contributed by atoms with E-state index in [0.29, 0.717) is 17.6 Å². The van der Waals surface area contributed by atoms with Gasteiger partial charge in [-0.15, -0.1) is 0 Å². The van der Waals surface area contributed by atoms with Crippen LogP contribution in [0.3, 0.4) is 0 Å². The van der Waals surface area contributed by atoms with E-state index in [9.17, 15) is 0 Å². The van der Waals surface area contributed by atoms with Gasteiger partial charge in [0, 0.05) is 5.92 Å². The zero-order chi connectivity index (χ0) is 13.4. The number of hydrogen-bond donors (Lipinski definition) is 1. The summed E-state index contributed by atoms with van der Waals surface area (Å²) in [4.78, 5) is 9.09. The number of anilines is 1. The van der Waals surface area contributed by atoms with Gasteiger partial charge in [0.2, 0.25) is 0 Å². The first-order chi connectivity index (χ1) is 9.16. The van der Waals surface area contributed by atoms with Crippen molar-refractivity contribution in [1.82, 2.24) is 9.97 Å². The van der Waals surface area contributed by atoms with E-state index in [1.54, 1.807) is 6.26 Å². The second-order valence-electron chi connectivity index (χ2n) is 5.00. The molecule has 3 rings (SSSR count). The van der Waals surface area contributed by atoms with Crippen LogP contribution in [0.5, 0.6) is 0 Å². The normalized spacial score (nSPS) is 16.1. The number of furan rings is 1.